The lowest BCUT2D eigenvalue weighted by Crippen LogP contribution is -2.58. The molecule has 444 valence electrons. The maximum absolute atomic E-state index is 16.1. The zero-order valence-corrected chi connectivity index (χ0v) is 49.5. The van der Waals surface area contributed by atoms with Crippen LogP contribution in [-0.4, -0.2) is 90.6 Å². The molecule has 0 amide bonds. The second kappa shape index (κ2) is 23.6. The Hall–Kier alpha value is -4.76. The van der Waals surface area contributed by atoms with E-state index >= 15 is 4.79 Å². The number of aliphatic imine (C=N–C) groups is 1. The Morgan fingerprint density at radius 1 is 0.915 bits per heavy atom. The van der Waals surface area contributed by atoms with Crippen LogP contribution in [0.25, 0.3) is 0 Å². The van der Waals surface area contributed by atoms with E-state index in [2.05, 4.69) is 71.2 Å². The van der Waals surface area contributed by atoms with Crippen molar-refractivity contribution in [2.45, 2.75) is 190 Å². The number of allylic oxidation sites excluding steroid dienone is 2. The van der Waals surface area contributed by atoms with Gasteiger partial charge in [0.2, 0.25) is 11.7 Å². The molecule has 2 spiro atoms. The number of carbonyl (C=O) groups excluding carboxylic acids is 1. The van der Waals surface area contributed by atoms with Crippen LogP contribution in [0, 0.1) is 99.9 Å². The van der Waals surface area contributed by atoms with Crippen LogP contribution in [0.5, 0.6) is 23.0 Å². The third-order valence-electron chi connectivity index (χ3n) is 23.8. The second-order valence-electron chi connectivity index (χ2n) is 27.8. The Labute approximate surface area is 488 Å². The number of guanidine groups is 1. The van der Waals surface area contributed by atoms with Crippen molar-refractivity contribution in [2.75, 3.05) is 46.3 Å². The Morgan fingerprint density at radius 3 is 2.57 bits per heavy atom. The number of aliphatic hydroxyl groups is 3. The summed E-state index contributed by atoms with van der Waals surface area (Å²) in [4.78, 5) is 20.9. The number of aromatic hydroxyl groups is 1. The van der Waals surface area contributed by atoms with Crippen molar-refractivity contribution in [3.63, 3.8) is 0 Å². The number of ether oxygens (including phenoxy) is 4. The van der Waals surface area contributed by atoms with Gasteiger partial charge in [-0.05, 0) is 216 Å². The molecular formula is C69H94N4O9. The number of nitrogens with zero attached hydrogens (tertiary/aromatic N) is 1. The number of ketones is 1. The molecule has 82 heavy (non-hydrogen) atoms. The minimum atomic E-state index is -1.30. The highest BCUT2D eigenvalue weighted by molar-refractivity contribution is 5.97. The van der Waals surface area contributed by atoms with Gasteiger partial charge in [-0.1, -0.05) is 63.0 Å². The molecule has 2 aromatic rings. The van der Waals surface area contributed by atoms with Crippen LogP contribution < -0.4 is 30.2 Å². The van der Waals surface area contributed by atoms with E-state index in [0.29, 0.717) is 104 Å². The second-order valence-corrected chi connectivity index (χ2v) is 27.8. The van der Waals surface area contributed by atoms with Gasteiger partial charge in [0, 0.05) is 75.3 Å². The molecule has 0 unspecified atom stereocenters. The fraction of sp³-hybridized carbons (Fsp3) is 0.710. The molecule has 0 radical (unpaired) electrons. The van der Waals surface area contributed by atoms with Crippen molar-refractivity contribution in [3.05, 3.63) is 53.6 Å². The molecule has 10 aliphatic rings. The molecule has 0 aromatic heterocycles. The monoisotopic (exact) mass is 1120 g/mol. The first kappa shape index (κ1) is 57.7. The number of anilines is 1. The Bertz CT molecular complexity index is 2850. The predicted octanol–water partition coefficient (Wildman–Crippen LogP) is 11.0. The van der Waals surface area contributed by atoms with E-state index in [1.807, 2.05) is 19.2 Å². The van der Waals surface area contributed by atoms with Crippen LogP contribution in [0.4, 0.5) is 5.69 Å². The van der Waals surface area contributed by atoms with Crippen molar-refractivity contribution in [2.24, 2.45) is 80.9 Å². The summed E-state index contributed by atoms with van der Waals surface area (Å²) in [5, 5.41) is 55.0. The van der Waals surface area contributed by atoms with E-state index in [0.717, 1.165) is 89.0 Å². The van der Waals surface area contributed by atoms with E-state index in [9.17, 15) is 20.4 Å². The summed E-state index contributed by atoms with van der Waals surface area (Å²) in [6.07, 6.45) is 30.3. The zero-order valence-electron chi connectivity index (χ0n) is 49.5. The number of rotatable bonds is 12. The number of fused-ring (bicyclic) bond motifs is 11. The summed E-state index contributed by atoms with van der Waals surface area (Å²) in [6.45, 7) is 3.18. The van der Waals surface area contributed by atoms with Crippen LogP contribution in [0.1, 0.15) is 172 Å². The maximum atomic E-state index is 16.1. The third kappa shape index (κ3) is 10.3. The van der Waals surface area contributed by atoms with Crippen LogP contribution in [0.2, 0.25) is 0 Å². The van der Waals surface area contributed by atoms with E-state index in [-0.39, 0.29) is 71.8 Å². The summed E-state index contributed by atoms with van der Waals surface area (Å²) >= 11 is 0. The van der Waals surface area contributed by atoms with Crippen molar-refractivity contribution >= 4 is 17.4 Å². The van der Waals surface area contributed by atoms with Crippen LogP contribution >= 0.6 is 0 Å². The Balaban J connectivity index is 1.03. The number of hydrogen-bond acceptors (Lipinski definition) is 11. The van der Waals surface area contributed by atoms with Gasteiger partial charge < -0.3 is 50.0 Å². The van der Waals surface area contributed by atoms with Crippen LogP contribution in [0.3, 0.4) is 0 Å². The zero-order chi connectivity index (χ0) is 56.9. The van der Waals surface area contributed by atoms with Gasteiger partial charge in [-0.25, -0.2) is 0 Å². The summed E-state index contributed by atoms with van der Waals surface area (Å²) in [5.41, 5.74) is 1.15. The van der Waals surface area contributed by atoms with E-state index in [1.54, 1.807) is 20.2 Å². The SMILES string of the molecule is CC[C@H]1CC[C@H]2[C@H](C1)[C@H]1/C=C/C(=O)[C@]3(Cc4ccc(O)c(OC)c4)CCC[C@H]3CC#CNC(=NC)Nc3cc(cc4c3OC#CC[C@@H]3C[C@@](CNC)(C[C@H]3C[C@]3(O)CC[C@@H]5CC[C@H](CO)[C@@H]5O3)O4)[C@]13CCC1(CCCC1)[C@@H]3[C@H]2CCCO. The summed E-state index contributed by atoms with van der Waals surface area (Å²) in [6, 6.07) is 13.5. The number of carbonyl (C=O) groups is 1. The van der Waals surface area contributed by atoms with E-state index in [1.165, 1.54) is 44.1 Å². The van der Waals surface area contributed by atoms with Gasteiger partial charge in [-0.3, -0.25) is 15.1 Å². The fourth-order valence-corrected chi connectivity index (χ4v) is 20.3. The molecular weight excluding hydrogens is 1030 g/mol. The fourth-order valence-electron chi connectivity index (χ4n) is 20.3. The first-order valence-electron chi connectivity index (χ1n) is 32.2. The number of likely N-dealkylation sites (N-methyl/N-ethyl adjacent to an activating group) is 1. The molecule has 2 aromatic carbocycles. The number of nitrogens with one attached hydrogen (secondary N) is 3. The average Bonchev–Trinajstić information content (AvgIpc) is 2.12. The first-order valence-corrected chi connectivity index (χ1v) is 32.2. The van der Waals surface area contributed by atoms with Crippen molar-refractivity contribution in [1.29, 1.82) is 0 Å². The van der Waals surface area contributed by atoms with E-state index in [4.69, 9.17) is 23.9 Å². The maximum Gasteiger partial charge on any atom is 0.207 e. The average molecular weight is 1120 g/mol. The number of aliphatic hydroxyl groups excluding tert-OH is 2. The Kier molecular flexibility index (Phi) is 16.6. The highest BCUT2D eigenvalue weighted by Gasteiger charge is 2.68. The molecule has 3 heterocycles. The summed E-state index contributed by atoms with van der Waals surface area (Å²) in [7, 11) is 5.34. The van der Waals surface area contributed by atoms with E-state index < -0.39 is 22.2 Å². The van der Waals surface area contributed by atoms with Gasteiger partial charge in [0.25, 0.3) is 0 Å². The van der Waals surface area contributed by atoms with Crippen LogP contribution in [0.15, 0.2) is 47.5 Å². The lowest BCUT2D eigenvalue weighted by molar-refractivity contribution is -0.280. The molecule has 16 atom stereocenters. The van der Waals surface area contributed by atoms with Gasteiger partial charge in [-0.2, -0.15) is 0 Å². The van der Waals surface area contributed by atoms with Crippen molar-refractivity contribution in [1.82, 2.24) is 10.6 Å². The molecule has 12 rings (SSSR count). The quantitative estimate of drug-likeness (QED) is 0.100. The smallest absolute Gasteiger partial charge is 0.207 e. The number of methoxy groups -OCH3 is 1. The number of phenolic OH excluding ortho intramolecular Hbond substituents is 1. The van der Waals surface area contributed by atoms with Gasteiger partial charge in [-0.15, -0.1) is 0 Å². The summed E-state index contributed by atoms with van der Waals surface area (Å²) < 4.78 is 27.0. The molecule has 13 nitrogen and oxygen atoms in total. The molecule has 1 saturated heterocycles. The Morgan fingerprint density at radius 2 is 1.78 bits per heavy atom. The normalized spacial score (nSPS) is 39.7. The number of benzene rings is 2. The van der Waals surface area contributed by atoms with Gasteiger partial charge in [0.1, 0.15) is 11.7 Å². The molecule has 13 heteroatoms. The molecule has 7 aliphatic carbocycles. The first-order chi connectivity index (χ1) is 39.8. The highest BCUT2D eigenvalue weighted by Crippen LogP contribution is 2.74. The van der Waals surface area contributed by atoms with Gasteiger partial charge in [0.15, 0.2) is 28.8 Å². The largest absolute Gasteiger partial charge is 0.504 e. The van der Waals surface area contributed by atoms with Crippen molar-refractivity contribution < 1.29 is 44.2 Å². The third-order valence-corrected chi connectivity index (χ3v) is 23.8. The predicted molar refractivity (Wildman–Crippen MR) is 318 cm³/mol. The van der Waals surface area contributed by atoms with Gasteiger partial charge >= 0.3 is 0 Å². The van der Waals surface area contributed by atoms with Gasteiger partial charge in [0.05, 0.1) is 18.9 Å². The standard InChI is InChI=1S/C69H94N4O9/c1-5-44-16-20-52-53(15-10-32-74)63-65(25-6-7-26-65)29-30-69(63)51-36-56(62-59(37-51)81-66(43-70-2)39-47(12-11-33-80-62)49(40-66)41-68(78)28-24-46-18-19-48(42-75)61(46)82-68)73-64(71-3)72-31-9-14-50-13-8-27-67(50,60(77)23-21-55(69)54(52)34-44)38-45-17-22-57(76)58(35-45)79-4/h17,21-23,35-37,44,46-50,52-55,61,63,70,74-76,78H,5-8,10,12-16,18-20,24-30,32,34,38-43H2,1-4H3,(H2,71,72,73)/b23-21+/t44-,46-,47+,48+,49-,50-,52+,53-,54-,55+,61+,63-,66-,67-,68-,69+/m0/s1. The lowest BCUT2D eigenvalue weighted by atomic mass is 9.42. The highest BCUT2D eigenvalue weighted by atomic mass is 16.6. The molecule has 7 saturated carbocycles. The molecule has 4 bridgehead atoms. The molecule has 7 N–H and O–H groups in total. The molecule has 8 fully saturated rings. The molecule has 3 aliphatic heterocycles. The lowest BCUT2D eigenvalue weighted by Gasteiger charge is -2.62. The van der Waals surface area contributed by atoms with Crippen molar-refractivity contribution in [3.8, 4) is 47.0 Å². The number of phenols is 1. The minimum Gasteiger partial charge on any atom is -0.504 e. The summed E-state index contributed by atoms with van der Waals surface area (Å²) in [5.74, 6) is 10.5. The topological polar surface area (TPSA) is 183 Å². The van der Waals surface area contributed by atoms with Crippen LogP contribution in [-0.2, 0) is 21.4 Å². The number of hydrogen-bond donors (Lipinski definition) is 7. The minimum absolute atomic E-state index is 0.00152.